The highest BCUT2D eigenvalue weighted by Gasteiger charge is 2.22. The van der Waals surface area contributed by atoms with Crippen LogP contribution >= 0.6 is 15.9 Å². The summed E-state index contributed by atoms with van der Waals surface area (Å²) in [6.07, 6.45) is 27.2. The van der Waals surface area contributed by atoms with Crippen LogP contribution in [0.1, 0.15) is 182 Å². The van der Waals surface area contributed by atoms with Crippen LogP contribution < -0.4 is 0 Å². The molecule has 0 aliphatic heterocycles. The molecule has 266 valence electrons. The van der Waals surface area contributed by atoms with E-state index in [-0.39, 0.29) is 48.2 Å². The average molecular weight is 703 g/mol. The van der Waals surface area contributed by atoms with Crippen molar-refractivity contribution in [3.05, 3.63) is 0 Å². The second-order valence-corrected chi connectivity index (χ2v) is 13.6. The maximum Gasteiger partial charge on any atom is 0.308 e. The molecular weight excluding hydrogens is 630 g/mol. The van der Waals surface area contributed by atoms with Gasteiger partial charge in [0, 0.05) is 0 Å². The van der Waals surface area contributed by atoms with Crippen molar-refractivity contribution in [3.8, 4) is 0 Å². The van der Waals surface area contributed by atoms with Gasteiger partial charge < -0.3 is 14.4 Å². The summed E-state index contributed by atoms with van der Waals surface area (Å²) in [6.45, 7) is 9.83. The first-order valence-electron chi connectivity index (χ1n) is 19.1. The number of carbonyl (C=O) groups is 3. The molecule has 0 spiro atoms. The van der Waals surface area contributed by atoms with Crippen LogP contribution in [0.25, 0.3) is 0 Å². The molecule has 6 nitrogen and oxygen atoms in total. The summed E-state index contributed by atoms with van der Waals surface area (Å²) in [6, 6.07) is 0. The molecule has 1 amide bonds. The molecule has 0 aromatic rings. The number of unbranched alkanes of at least 4 members (excludes halogenated alkanes) is 16. The Morgan fingerprint density at radius 1 is 0.489 bits per heavy atom. The number of halogens is 1. The van der Waals surface area contributed by atoms with Crippen LogP contribution in [0.4, 0.5) is 0 Å². The first kappa shape index (κ1) is 43.9. The topological polar surface area (TPSA) is 72.9 Å². The fourth-order valence-corrected chi connectivity index (χ4v) is 6.29. The molecule has 45 heavy (non-hydrogen) atoms. The van der Waals surface area contributed by atoms with Crippen molar-refractivity contribution >= 4 is 33.8 Å². The molecule has 0 N–H and O–H groups in total. The van der Waals surface area contributed by atoms with E-state index in [4.69, 9.17) is 9.47 Å². The summed E-state index contributed by atoms with van der Waals surface area (Å²) in [5.74, 6) is -0.460. The van der Waals surface area contributed by atoms with Gasteiger partial charge in [-0.1, -0.05) is 172 Å². The molecule has 0 saturated heterocycles. The molecule has 0 aromatic heterocycles. The average Bonchev–Trinajstić information content (AvgIpc) is 3.04. The number of hydrogen-bond acceptors (Lipinski definition) is 5. The molecule has 0 unspecified atom stereocenters. The number of esters is 2. The minimum Gasteiger partial charge on any atom is -0.464 e. The number of alkyl halides is 1. The van der Waals surface area contributed by atoms with Gasteiger partial charge in [-0.05, 0) is 25.7 Å². The fourth-order valence-electron chi connectivity index (χ4n) is 5.93. The molecule has 0 heterocycles. The Labute approximate surface area is 287 Å². The van der Waals surface area contributed by atoms with Crippen molar-refractivity contribution in [2.24, 2.45) is 11.8 Å². The van der Waals surface area contributed by atoms with E-state index in [1.165, 1.54) is 77.0 Å². The van der Waals surface area contributed by atoms with Gasteiger partial charge in [-0.25, -0.2) is 0 Å². The SMILES string of the molecule is CCCCCCCC(CCCCCCC)C(=O)OCCN(CCOC(=O)C(CCCCCCC)CCCCCCC)C(=O)CBr. The standard InChI is InChI=1S/C38H72BrNO5/c1-5-9-13-17-21-25-34(26-22-18-14-10-6-2)37(42)44-31-29-40(36(41)33-39)30-32-45-38(43)35(27-23-19-15-11-7-3)28-24-20-16-12-8-4/h34-35H,5-33H2,1-4H3. The number of nitrogens with zero attached hydrogens (tertiary/aromatic N) is 1. The van der Waals surface area contributed by atoms with Gasteiger partial charge >= 0.3 is 11.9 Å². The van der Waals surface area contributed by atoms with E-state index in [1.807, 2.05) is 0 Å². The highest BCUT2D eigenvalue weighted by molar-refractivity contribution is 9.09. The molecule has 0 bridgehead atoms. The van der Waals surface area contributed by atoms with Crippen LogP contribution in [0.2, 0.25) is 0 Å². The van der Waals surface area contributed by atoms with Crippen LogP contribution in [0.15, 0.2) is 0 Å². The maximum atomic E-state index is 13.1. The molecule has 0 aliphatic carbocycles. The summed E-state index contributed by atoms with van der Waals surface area (Å²) in [4.78, 5) is 40.4. The zero-order valence-electron chi connectivity index (χ0n) is 30.0. The van der Waals surface area contributed by atoms with Crippen molar-refractivity contribution < 1.29 is 23.9 Å². The van der Waals surface area contributed by atoms with Gasteiger partial charge in [0.2, 0.25) is 5.91 Å². The summed E-state index contributed by atoms with van der Waals surface area (Å²) >= 11 is 3.28. The Kier molecular flexibility index (Phi) is 32.0. The summed E-state index contributed by atoms with van der Waals surface area (Å²) in [5.41, 5.74) is 0. The van der Waals surface area contributed by atoms with E-state index in [0.717, 1.165) is 77.0 Å². The first-order chi connectivity index (χ1) is 21.9. The van der Waals surface area contributed by atoms with Gasteiger partial charge in [0.15, 0.2) is 0 Å². The molecule has 0 radical (unpaired) electrons. The molecule has 0 aromatic carbocycles. The van der Waals surface area contributed by atoms with Crippen molar-refractivity contribution in [3.63, 3.8) is 0 Å². The molecule has 0 aliphatic rings. The normalized spacial score (nSPS) is 11.4. The quantitative estimate of drug-likeness (QED) is 0.0387. The Hall–Kier alpha value is -1.11. The van der Waals surface area contributed by atoms with E-state index in [9.17, 15) is 14.4 Å². The fraction of sp³-hybridized carbons (Fsp3) is 0.921. The number of hydrogen-bond donors (Lipinski definition) is 0. The molecule has 0 atom stereocenters. The van der Waals surface area contributed by atoms with Crippen molar-refractivity contribution in [2.45, 2.75) is 182 Å². The first-order valence-corrected chi connectivity index (χ1v) is 20.2. The third-order valence-electron chi connectivity index (χ3n) is 8.97. The lowest BCUT2D eigenvalue weighted by Gasteiger charge is -2.23. The second kappa shape index (κ2) is 32.8. The minimum atomic E-state index is -0.126. The van der Waals surface area contributed by atoms with E-state index in [0.29, 0.717) is 13.1 Å². The number of amides is 1. The van der Waals surface area contributed by atoms with Gasteiger partial charge in [0.1, 0.15) is 13.2 Å². The van der Waals surface area contributed by atoms with Crippen LogP contribution in [0.3, 0.4) is 0 Å². The van der Waals surface area contributed by atoms with Gasteiger partial charge in [0.05, 0.1) is 30.3 Å². The van der Waals surface area contributed by atoms with Crippen LogP contribution in [-0.4, -0.2) is 54.4 Å². The monoisotopic (exact) mass is 701 g/mol. The van der Waals surface area contributed by atoms with Crippen LogP contribution in [0, 0.1) is 11.8 Å². The highest BCUT2D eigenvalue weighted by Crippen LogP contribution is 2.22. The third kappa shape index (κ3) is 25.6. The third-order valence-corrected chi connectivity index (χ3v) is 9.45. The largest absolute Gasteiger partial charge is 0.464 e. The summed E-state index contributed by atoms with van der Waals surface area (Å²) in [7, 11) is 0. The van der Waals surface area contributed by atoms with E-state index in [1.54, 1.807) is 4.90 Å². The molecule has 0 saturated carbocycles. The van der Waals surface area contributed by atoms with Crippen LogP contribution in [0.5, 0.6) is 0 Å². The minimum absolute atomic E-state index is 0.0598. The molecule has 7 heteroatoms. The predicted molar refractivity (Wildman–Crippen MR) is 193 cm³/mol. The zero-order chi connectivity index (χ0) is 33.4. The smallest absolute Gasteiger partial charge is 0.308 e. The van der Waals surface area contributed by atoms with Gasteiger partial charge in [-0.15, -0.1) is 0 Å². The Balaban J connectivity index is 4.86. The Bertz CT molecular complexity index is 626. The number of rotatable bonds is 33. The van der Waals surface area contributed by atoms with Crippen LogP contribution in [-0.2, 0) is 23.9 Å². The van der Waals surface area contributed by atoms with Gasteiger partial charge in [0.25, 0.3) is 0 Å². The highest BCUT2D eigenvalue weighted by atomic mass is 79.9. The zero-order valence-corrected chi connectivity index (χ0v) is 31.6. The predicted octanol–water partition coefficient (Wildman–Crippen LogP) is 11.0. The number of carbonyl (C=O) groups excluding carboxylic acids is 3. The molecule has 0 fully saturated rings. The lowest BCUT2D eigenvalue weighted by Crippen LogP contribution is -2.38. The van der Waals surface area contributed by atoms with Gasteiger partial charge in [-0.2, -0.15) is 0 Å². The van der Waals surface area contributed by atoms with E-state index in [2.05, 4.69) is 43.6 Å². The molecule has 0 rings (SSSR count). The second-order valence-electron chi connectivity index (χ2n) is 13.1. The van der Waals surface area contributed by atoms with Crippen molar-refractivity contribution in [1.29, 1.82) is 0 Å². The summed E-state index contributed by atoms with van der Waals surface area (Å²) in [5, 5.41) is 0.186. The lowest BCUT2D eigenvalue weighted by molar-refractivity contribution is -0.152. The maximum absolute atomic E-state index is 13.1. The van der Waals surface area contributed by atoms with Crippen molar-refractivity contribution in [2.75, 3.05) is 31.6 Å². The molecular formula is C38H72BrNO5. The summed E-state index contributed by atoms with van der Waals surface area (Å²) < 4.78 is 11.5. The van der Waals surface area contributed by atoms with E-state index < -0.39 is 0 Å². The Morgan fingerprint density at radius 3 is 1.04 bits per heavy atom. The Morgan fingerprint density at radius 2 is 0.778 bits per heavy atom. The lowest BCUT2D eigenvalue weighted by atomic mass is 9.94. The van der Waals surface area contributed by atoms with Crippen molar-refractivity contribution in [1.82, 2.24) is 4.90 Å². The van der Waals surface area contributed by atoms with Gasteiger partial charge in [-0.3, -0.25) is 14.4 Å². The van der Waals surface area contributed by atoms with E-state index >= 15 is 0 Å². The number of ether oxygens (including phenoxy) is 2.